The summed E-state index contributed by atoms with van der Waals surface area (Å²) in [5.74, 6) is 0. The molecule has 0 aliphatic carbocycles. The fraction of sp³-hybridized carbons (Fsp3) is 0.333. The van der Waals surface area contributed by atoms with Crippen molar-refractivity contribution < 1.29 is 56.6 Å². The first-order chi connectivity index (χ1) is 9.97. The molecule has 4 N–H and O–H groups in total. The fourth-order valence-electron chi connectivity index (χ4n) is 1.01. The zero-order valence-electron chi connectivity index (χ0n) is 10.7. The van der Waals surface area contributed by atoms with Gasteiger partial charge in [-0.1, -0.05) is 0 Å². The summed E-state index contributed by atoms with van der Waals surface area (Å²) >= 11 is 0. The summed E-state index contributed by atoms with van der Waals surface area (Å²) < 4.78 is 120. The summed E-state index contributed by atoms with van der Waals surface area (Å²) in [5, 5.41) is 0. The lowest BCUT2D eigenvalue weighted by Crippen LogP contribution is -2.14. The number of rotatable bonds is 8. The maximum absolute atomic E-state index is 10.7. The van der Waals surface area contributed by atoms with Crippen LogP contribution in [0.2, 0.25) is 0 Å². The number of hydrogen-bond donors (Lipinski definition) is 4. The predicted octanol–water partition coefficient (Wildman–Crippen LogP) is -1.76. The molecule has 0 aromatic rings. The van der Waals surface area contributed by atoms with Crippen LogP contribution in [0.1, 0.15) is 0 Å². The van der Waals surface area contributed by atoms with Crippen LogP contribution in [0, 0.1) is 0 Å². The summed E-state index contributed by atoms with van der Waals surface area (Å²) in [4.78, 5) is 0. The Kier molecular flexibility index (Phi) is 7.03. The first-order valence-electron chi connectivity index (χ1n) is 4.85. The molecule has 0 unspecified atom stereocenters. The van der Waals surface area contributed by atoms with Gasteiger partial charge in [0.05, 0.1) is 13.2 Å². The molecular formula is C6H10O13S4. The van der Waals surface area contributed by atoms with E-state index in [2.05, 4.69) is 4.74 Å². The van der Waals surface area contributed by atoms with E-state index in [4.69, 9.17) is 18.2 Å². The third kappa shape index (κ3) is 7.94. The Morgan fingerprint density at radius 3 is 1.00 bits per heavy atom. The molecule has 23 heavy (non-hydrogen) atoms. The molecule has 0 amide bonds. The van der Waals surface area contributed by atoms with Crippen LogP contribution >= 0.6 is 0 Å². The first-order valence-corrected chi connectivity index (χ1v) is 10.6. The molecule has 13 nitrogen and oxygen atoms in total. The summed E-state index contributed by atoms with van der Waals surface area (Å²) in [5.41, 5.74) is 0. The summed E-state index contributed by atoms with van der Waals surface area (Å²) in [6.45, 7) is -1.90. The Balaban J connectivity index is 5.25. The van der Waals surface area contributed by atoms with Gasteiger partial charge in [-0.15, -0.1) is 0 Å². The van der Waals surface area contributed by atoms with Gasteiger partial charge in [0.25, 0.3) is 0 Å². The first kappa shape index (κ1) is 22.1. The highest BCUT2D eigenvalue weighted by molar-refractivity contribution is 8.09. The number of hydrogen-bond acceptors (Lipinski definition) is 9. The van der Waals surface area contributed by atoms with E-state index in [-0.39, 0.29) is 12.2 Å². The van der Waals surface area contributed by atoms with Gasteiger partial charge in [0.15, 0.2) is 0 Å². The van der Waals surface area contributed by atoms with E-state index in [0.29, 0.717) is 0 Å². The zero-order chi connectivity index (χ0) is 18.7. The van der Waals surface area contributed by atoms with E-state index in [1.807, 2.05) is 0 Å². The molecule has 136 valence electrons. The van der Waals surface area contributed by atoms with Crippen LogP contribution in [0.4, 0.5) is 0 Å². The molecule has 0 saturated heterocycles. The lowest BCUT2D eigenvalue weighted by molar-refractivity contribution is 0.193. The van der Waals surface area contributed by atoms with Crippen molar-refractivity contribution in [2.75, 3.05) is 13.2 Å². The lowest BCUT2D eigenvalue weighted by Gasteiger charge is -2.02. The smallest absolute Gasteiger partial charge is 0.307 e. The normalized spacial score (nSPS) is 13.4. The standard InChI is InChI=1S/C6H10O13S4/c7-20(8,9)5(21(10,11)12)1-3-19-4-2-6(22(13,14)15)23(16,17)18/h1-2H,3-4H2,(H,7,8,9)(H,10,11,12)(H,13,14,15)(H,16,17,18). The Morgan fingerprint density at radius 1 is 0.609 bits per heavy atom. The molecule has 0 saturated carbocycles. The quantitative estimate of drug-likeness (QED) is 0.253. The molecule has 0 fully saturated rings. The third-order valence-corrected chi connectivity index (χ3v) is 6.98. The van der Waals surface area contributed by atoms with E-state index in [9.17, 15) is 33.7 Å². The van der Waals surface area contributed by atoms with E-state index in [1.54, 1.807) is 0 Å². The van der Waals surface area contributed by atoms with Gasteiger partial charge in [-0.3, -0.25) is 18.2 Å². The topological polar surface area (TPSA) is 227 Å². The van der Waals surface area contributed by atoms with Crippen molar-refractivity contribution in [1.29, 1.82) is 0 Å². The Morgan fingerprint density at radius 2 is 0.826 bits per heavy atom. The molecule has 0 atom stereocenters. The highest BCUT2D eigenvalue weighted by Gasteiger charge is 2.27. The second-order valence-electron chi connectivity index (χ2n) is 3.48. The molecule has 0 heterocycles. The molecule has 0 bridgehead atoms. The van der Waals surface area contributed by atoms with Gasteiger partial charge in [-0.2, -0.15) is 33.7 Å². The molecule has 0 aromatic heterocycles. The van der Waals surface area contributed by atoms with Crippen molar-refractivity contribution in [3.63, 3.8) is 0 Å². The van der Waals surface area contributed by atoms with E-state index in [0.717, 1.165) is 0 Å². The Bertz CT molecular complexity index is 766. The highest BCUT2D eigenvalue weighted by Crippen LogP contribution is 2.13. The molecule has 0 radical (unpaired) electrons. The Hall–Kier alpha value is -0.920. The molecule has 0 aromatic carbocycles. The van der Waals surface area contributed by atoms with Crippen LogP contribution in [0.3, 0.4) is 0 Å². The van der Waals surface area contributed by atoms with Crippen molar-refractivity contribution in [2.24, 2.45) is 0 Å². The van der Waals surface area contributed by atoms with E-state index >= 15 is 0 Å². The van der Waals surface area contributed by atoms with Crippen molar-refractivity contribution >= 4 is 40.5 Å². The van der Waals surface area contributed by atoms with Crippen LogP contribution in [-0.2, 0) is 45.2 Å². The summed E-state index contributed by atoms with van der Waals surface area (Å²) in [6, 6.07) is 0. The average Bonchev–Trinajstić information content (AvgIpc) is 2.19. The van der Waals surface area contributed by atoms with Crippen LogP contribution < -0.4 is 0 Å². The fourth-order valence-corrected chi connectivity index (χ4v) is 4.25. The van der Waals surface area contributed by atoms with Gasteiger partial charge < -0.3 is 4.74 Å². The summed E-state index contributed by atoms with van der Waals surface area (Å²) in [7, 11) is -21.3. The minimum absolute atomic E-state index is 0.180. The van der Waals surface area contributed by atoms with Crippen molar-refractivity contribution in [3.8, 4) is 0 Å². The number of ether oxygens (including phenoxy) is 1. The lowest BCUT2D eigenvalue weighted by atomic mass is 10.6. The van der Waals surface area contributed by atoms with Crippen molar-refractivity contribution in [3.05, 3.63) is 20.6 Å². The van der Waals surface area contributed by atoms with Gasteiger partial charge >= 0.3 is 40.5 Å². The van der Waals surface area contributed by atoms with Crippen molar-refractivity contribution in [1.82, 2.24) is 0 Å². The van der Waals surface area contributed by atoms with Crippen LogP contribution in [-0.4, -0.2) is 65.1 Å². The SMILES string of the molecule is O=S(=O)(O)C(=CCOCC=C(S(=O)(=O)O)S(=O)(=O)O)S(=O)(=O)O. The van der Waals surface area contributed by atoms with Gasteiger partial charge in [-0.25, -0.2) is 0 Å². The Labute approximate surface area is 131 Å². The van der Waals surface area contributed by atoms with E-state index < -0.39 is 62.2 Å². The molecule has 17 heteroatoms. The van der Waals surface area contributed by atoms with E-state index in [1.165, 1.54) is 0 Å². The minimum Gasteiger partial charge on any atom is -0.373 e. The molecule has 0 spiro atoms. The van der Waals surface area contributed by atoms with Gasteiger partial charge in [0.2, 0.25) is 8.47 Å². The second kappa shape index (κ2) is 7.32. The molecular weight excluding hydrogens is 408 g/mol. The van der Waals surface area contributed by atoms with Crippen LogP contribution in [0.15, 0.2) is 20.6 Å². The summed E-state index contributed by atoms with van der Waals surface area (Å²) in [6.07, 6.45) is 0.359. The predicted molar refractivity (Wildman–Crippen MR) is 73.2 cm³/mol. The third-order valence-electron chi connectivity index (χ3n) is 1.75. The molecule has 0 aliphatic rings. The highest BCUT2D eigenvalue weighted by atomic mass is 32.3. The monoisotopic (exact) mass is 418 g/mol. The van der Waals surface area contributed by atoms with Gasteiger partial charge in [-0.05, 0) is 12.2 Å². The average molecular weight is 418 g/mol. The van der Waals surface area contributed by atoms with Crippen molar-refractivity contribution in [2.45, 2.75) is 0 Å². The van der Waals surface area contributed by atoms with Crippen LogP contribution in [0.25, 0.3) is 0 Å². The molecule has 0 aliphatic heterocycles. The maximum atomic E-state index is 10.7. The maximum Gasteiger partial charge on any atom is 0.307 e. The zero-order valence-corrected chi connectivity index (χ0v) is 13.9. The second-order valence-corrected chi connectivity index (χ2v) is 9.56. The van der Waals surface area contributed by atoms with Crippen LogP contribution in [0.5, 0.6) is 0 Å². The minimum atomic E-state index is -5.32. The van der Waals surface area contributed by atoms with Gasteiger partial charge in [0.1, 0.15) is 0 Å². The van der Waals surface area contributed by atoms with Gasteiger partial charge in [0, 0.05) is 0 Å². The molecule has 0 rings (SSSR count). The largest absolute Gasteiger partial charge is 0.373 e.